The summed E-state index contributed by atoms with van der Waals surface area (Å²) in [5, 5.41) is 0. The van der Waals surface area contributed by atoms with Gasteiger partial charge in [0.25, 0.3) is 0 Å². The van der Waals surface area contributed by atoms with Crippen molar-refractivity contribution in [2.24, 2.45) is 17.8 Å². The zero-order chi connectivity index (χ0) is 16.8. The lowest BCUT2D eigenvalue weighted by Gasteiger charge is -2.34. The van der Waals surface area contributed by atoms with Gasteiger partial charge in [-0.3, -0.25) is 4.79 Å². The van der Waals surface area contributed by atoms with E-state index in [2.05, 4.69) is 17.0 Å². The van der Waals surface area contributed by atoms with Gasteiger partial charge in [0.15, 0.2) is 11.5 Å². The Morgan fingerprint density at radius 1 is 1.04 bits per heavy atom. The van der Waals surface area contributed by atoms with E-state index in [0.717, 1.165) is 42.2 Å². The molecular formula is C21H27NO3. The van der Waals surface area contributed by atoms with Crippen LogP contribution in [0.25, 0.3) is 0 Å². The predicted molar refractivity (Wildman–Crippen MR) is 94.3 cm³/mol. The normalized spacial score (nSPS) is 30.2. The Balaban J connectivity index is 1.37. The number of nitrogens with zero attached hydrogens (tertiary/aromatic N) is 1. The predicted octanol–water partition coefficient (Wildman–Crippen LogP) is 4.12. The van der Waals surface area contributed by atoms with E-state index in [9.17, 15) is 4.79 Å². The molecule has 134 valence electrons. The molecule has 3 atom stereocenters. The third-order valence-corrected chi connectivity index (χ3v) is 6.89. The molecule has 1 amide bonds. The highest BCUT2D eigenvalue weighted by Crippen LogP contribution is 2.49. The maximum absolute atomic E-state index is 13.4. The first-order valence-electron chi connectivity index (χ1n) is 9.97. The van der Waals surface area contributed by atoms with Gasteiger partial charge in [0.05, 0.1) is 0 Å². The van der Waals surface area contributed by atoms with E-state index in [1.807, 2.05) is 6.07 Å². The van der Waals surface area contributed by atoms with Crippen LogP contribution in [0.5, 0.6) is 11.5 Å². The van der Waals surface area contributed by atoms with E-state index in [0.29, 0.717) is 31.2 Å². The van der Waals surface area contributed by atoms with Crippen molar-refractivity contribution < 1.29 is 14.3 Å². The van der Waals surface area contributed by atoms with Gasteiger partial charge in [-0.2, -0.15) is 0 Å². The number of hydrogen-bond donors (Lipinski definition) is 0. The first kappa shape index (κ1) is 15.5. The lowest BCUT2D eigenvalue weighted by molar-refractivity contribution is -0.140. The van der Waals surface area contributed by atoms with Gasteiger partial charge in [-0.05, 0) is 61.6 Å². The number of amides is 1. The maximum atomic E-state index is 13.4. The van der Waals surface area contributed by atoms with Crippen molar-refractivity contribution >= 4 is 5.91 Å². The summed E-state index contributed by atoms with van der Waals surface area (Å²) >= 11 is 0. The van der Waals surface area contributed by atoms with Crippen molar-refractivity contribution in [3.63, 3.8) is 0 Å². The van der Waals surface area contributed by atoms with Crippen molar-refractivity contribution in [3.8, 4) is 11.5 Å². The molecule has 1 aromatic carbocycles. The molecule has 4 aliphatic rings. The van der Waals surface area contributed by atoms with Crippen molar-refractivity contribution in [2.75, 3.05) is 6.79 Å². The average molecular weight is 341 g/mol. The average Bonchev–Trinajstić information content (AvgIpc) is 3.43. The van der Waals surface area contributed by atoms with E-state index < -0.39 is 0 Å². The molecule has 25 heavy (non-hydrogen) atoms. The summed E-state index contributed by atoms with van der Waals surface area (Å²) in [6.07, 6.45) is 9.88. The number of ether oxygens (including phenoxy) is 2. The topological polar surface area (TPSA) is 38.8 Å². The van der Waals surface area contributed by atoms with E-state index >= 15 is 0 Å². The van der Waals surface area contributed by atoms with Crippen LogP contribution in [0.4, 0.5) is 0 Å². The third kappa shape index (κ3) is 2.80. The fraction of sp³-hybridized carbons (Fsp3) is 0.667. The van der Waals surface area contributed by atoms with Crippen LogP contribution >= 0.6 is 0 Å². The number of carbonyl (C=O) groups excluding carboxylic acids is 1. The molecule has 5 rings (SSSR count). The highest BCUT2D eigenvalue weighted by Gasteiger charge is 2.45. The van der Waals surface area contributed by atoms with Crippen LogP contribution in [0, 0.1) is 17.8 Å². The van der Waals surface area contributed by atoms with Crippen molar-refractivity contribution in [3.05, 3.63) is 23.8 Å². The largest absolute Gasteiger partial charge is 0.454 e. The molecule has 3 fully saturated rings. The summed E-state index contributed by atoms with van der Waals surface area (Å²) in [5.41, 5.74) is 1.16. The summed E-state index contributed by atoms with van der Waals surface area (Å²) in [6.45, 7) is 1.02. The molecule has 0 N–H and O–H groups in total. The first-order chi connectivity index (χ1) is 12.3. The summed E-state index contributed by atoms with van der Waals surface area (Å²) in [7, 11) is 0. The Hall–Kier alpha value is -1.71. The molecule has 3 aliphatic carbocycles. The van der Waals surface area contributed by atoms with Gasteiger partial charge in [-0.25, -0.2) is 0 Å². The molecule has 1 aromatic rings. The van der Waals surface area contributed by atoms with Crippen LogP contribution in [0.2, 0.25) is 0 Å². The lowest BCUT2D eigenvalue weighted by Crippen LogP contribution is -2.43. The van der Waals surface area contributed by atoms with Crippen LogP contribution in [0.3, 0.4) is 0 Å². The molecule has 0 aromatic heterocycles. The van der Waals surface area contributed by atoms with Crippen LogP contribution in [0.1, 0.15) is 56.9 Å². The van der Waals surface area contributed by atoms with Crippen molar-refractivity contribution in [1.29, 1.82) is 0 Å². The highest BCUT2D eigenvalue weighted by atomic mass is 16.7. The van der Waals surface area contributed by atoms with E-state index in [1.165, 1.54) is 32.1 Å². The number of hydrogen-bond acceptors (Lipinski definition) is 3. The summed E-state index contributed by atoms with van der Waals surface area (Å²) in [4.78, 5) is 15.6. The smallest absolute Gasteiger partial charge is 0.231 e. The summed E-state index contributed by atoms with van der Waals surface area (Å²) < 4.78 is 10.9. The number of carbonyl (C=O) groups is 1. The SMILES string of the molecule is O=C(C1CC2CCC1C2)N(Cc1ccc2c(c1)OCO2)C1CCCC1. The monoisotopic (exact) mass is 341 g/mol. The molecule has 1 heterocycles. The van der Waals surface area contributed by atoms with Crippen LogP contribution < -0.4 is 9.47 Å². The highest BCUT2D eigenvalue weighted by molar-refractivity contribution is 5.80. The van der Waals surface area contributed by atoms with Crippen LogP contribution in [0.15, 0.2) is 18.2 Å². The van der Waals surface area contributed by atoms with Gasteiger partial charge >= 0.3 is 0 Å². The second kappa shape index (κ2) is 6.22. The van der Waals surface area contributed by atoms with Gasteiger partial charge in [0.1, 0.15) is 0 Å². The third-order valence-electron chi connectivity index (χ3n) is 6.89. The number of benzene rings is 1. The van der Waals surface area contributed by atoms with Gasteiger partial charge in [0, 0.05) is 18.5 Å². The summed E-state index contributed by atoms with van der Waals surface area (Å²) in [6, 6.07) is 6.55. The molecule has 1 aliphatic heterocycles. The second-order valence-corrected chi connectivity index (χ2v) is 8.37. The van der Waals surface area contributed by atoms with Gasteiger partial charge in [-0.1, -0.05) is 25.3 Å². The minimum absolute atomic E-state index is 0.286. The minimum atomic E-state index is 0.286. The van der Waals surface area contributed by atoms with Gasteiger partial charge in [-0.15, -0.1) is 0 Å². The van der Waals surface area contributed by atoms with E-state index in [1.54, 1.807) is 0 Å². The molecular weight excluding hydrogens is 314 g/mol. The molecule has 0 radical (unpaired) electrons. The number of rotatable bonds is 4. The maximum Gasteiger partial charge on any atom is 0.231 e. The molecule has 3 unspecified atom stereocenters. The lowest BCUT2D eigenvalue weighted by atomic mass is 9.87. The zero-order valence-electron chi connectivity index (χ0n) is 14.8. The van der Waals surface area contributed by atoms with Gasteiger partial charge in [0.2, 0.25) is 12.7 Å². The molecule has 0 spiro atoms. The minimum Gasteiger partial charge on any atom is -0.454 e. The zero-order valence-corrected chi connectivity index (χ0v) is 14.8. The van der Waals surface area contributed by atoms with Crippen LogP contribution in [-0.4, -0.2) is 23.6 Å². The Morgan fingerprint density at radius 3 is 2.64 bits per heavy atom. The fourth-order valence-electron chi connectivity index (χ4n) is 5.60. The Morgan fingerprint density at radius 2 is 1.88 bits per heavy atom. The molecule has 4 nitrogen and oxygen atoms in total. The standard InChI is InChI=1S/C21H27NO3/c23-21(18-10-14-5-7-16(18)9-14)22(17-3-1-2-4-17)12-15-6-8-19-20(11-15)25-13-24-19/h6,8,11,14,16-18H,1-5,7,9-10,12-13H2. The van der Waals surface area contributed by atoms with Crippen molar-refractivity contribution in [1.82, 2.24) is 4.90 Å². The Kier molecular flexibility index (Phi) is 3.87. The van der Waals surface area contributed by atoms with E-state index in [4.69, 9.17) is 9.47 Å². The van der Waals surface area contributed by atoms with Crippen LogP contribution in [-0.2, 0) is 11.3 Å². The molecule has 4 heteroatoms. The molecule has 3 saturated carbocycles. The first-order valence-corrected chi connectivity index (χ1v) is 9.97. The summed E-state index contributed by atoms with van der Waals surface area (Å²) in [5.74, 6) is 3.81. The molecule has 0 saturated heterocycles. The van der Waals surface area contributed by atoms with Gasteiger partial charge < -0.3 is 14.4 Å². The van der Waals surface area contributed by atoms with E-state index in [-0.39, 0.29) is 5.92 Å². The fourth-order valence-corrected chi connectivity index (χ4v) is 5.60. The Labute approximate surface area is 149 Å². The van der Waals surface area contributed by atoms with Crippen molar-refractivity contribution in [2.45, 2.75) is 64.0 Å². The number of fused-ring (bicyclic) bond motifs is 3. The second-order valence-electron chi connectivity index (χ2n) is 8.37. The Bertz CT molecular complexity index is 667. The quantitative estimate of drug-likeness (QED) is 0.827. The molecule has 2 bridgehead atoms.